The maximum Gasteiger partial charge on any atom is 0.241 e. The van der Waals surface area contributed by atoms with Crippen LogP contribution < -0.4 is 11.1 Å². The summed E-state index contributed by atoms with van der Waals surface area (Å²) in [5, 5.41) is 7.32. The van der Waals surface area contributed by atoms with E-state index in [2.05, 4.69) is 15.4 Å². The summed E-state index contributed by atoms with van der Waals surface area (Å²) >= 11 is 6.20. The molecule has 0 saturated heterocycles. The van der Waals surface area contributed by atoms with Gasteiger partial charge in [-0.25, -0.2) is 9.67 Å². The number of aromatic nitrogens is 3. The standard InChI is InChI=1S/C14H18ClN5O/c1-14(2,3)12(16)13(21)19-10-6-4-5-9(15)11(10)20-8-17-7-18-20/h4-8,12H,16H2,1-3H3,(H,19,21)/t12-/m1/s1. The predicted molar refractivity (Wildman–Crippen MR) is 82.4 cm³/mol. The lowest BCUT2D eigenvalue weighted by molar-refractivity contribution is -0.119. The van der Waals surface area contributed by atoms with Crippen LogP contribution in [0.25, 0.3) is 5.69 Å². The summed E-state index contributed by atoms with van der Waals surface area (Å²) in [5.41, 5.74) is 6.73. The lowest BCUT2D eigenvalue weighted by Gasteiger charge is -2.26. The second-order valence-electron chi connectivity index (χ2n) is 5.81. The quantitative estimate of drug-likeness (QED) is 0.910. The van der Waals surface area contributed by atoms with Crippen LogP contribution >= 0.6 is 11.6 Å². The van der Waals surface area contributed by atoms with Crippen LogP contribution in [0.15, 0.2) is 30.9 Å². The van der Waals surface area contributed by atoms with E-state index in [1.54, 1.807) is 18.2 Å². The zero-order valence-corrected chi connectivity index (χ0v) is 12.9. The first-order chi connectivity index (χ1) is 9.80. The van der Waals surface area contributed by atoms with Gasteiger partial charge in [0.05, 0.1) is 16.8 Å². The molecule has 3 N–H and O–H groups in total. The number of carbonyl (C=O) groups excluding carboxylic acids is 1. The van der Waals surface area contributed by atoms with Gasteiger partial charge in [-0.1, -0.05) is 38.4 Å². The molecule has 0 fully saturated rings. The molecule has 7 heteroatoms. The first-order valence-electron chi connectivity index (χ1n) is 6.50. The first-order valence-corrected chi connectivity index (χ1v) is 6.88. The number of carbonyl (C=O) groups is 1. The molecule has 0 aliphatic carbocycles. The Morgan fingerprint density at radius 2 is 2.14 bits per heavy atom. The number of amides is 1. The largest absolute Gasteiger partial charge is 0.323 e. The lowest BCUT2D eigenvalue weighted by atomic mass is 9.87. The number of halogens is 1. The maximum absolute atomic E-state index is 12.3. The molecule has 0 radical (unpaired) electrons. The third-order valence-corrected chi connectivity index (χ3v) is 3.41. The summed E-state index contributed by atoms with van der Waals surface area (Å²) in [6.45, 7) is 5.73. The Morgan fingerprint density at radius 3 is 2.71 bits per heavy atom. The molecule has 1 atom stereocenters. The van der Waals surface area contributed by atoms with Crippen LogP contribution in [-0.2, 0) is 4.79 Å². The van der Waals surface area contributed by atoms with Crippen molar-refractivity contribution in [2.45, 2.75) is 26.8 Å². The van der Waals surface area contributed by atoms with Crippen molar-refractivity contribution in [3.05, 3.63) is 35.9 Å². The number of nitrogens with two attached hydrogens (primary N) is 1. The normalized spacial score (nSPS) is 13.0. The van der Waals surface area contributed by atoms with Crippen LogP contribution in [0.5, 0.6) is 0 Å². The number of nitrogens with zero attached hydrogens (tertiary/aromatic N) is 3. The second kappa shape index (κ2) is 5.83. The highest BCUT2D eigenvalue weighted by Gasteiger charge is 2.28. The van der Waals surface area contributed by atoms with E-state index >= 15 is 0 Å². The van der Waals surface area contributed by atoms with E-state index in [-0.39, 0.29) is 11.3 Å². The highest BCUT2D eigenvalue weighted by molar-refractivity contribution is 6.33. The molecule has 1 amide bonds. The molecule has 6 nitrogen and oxygen atoms in total. The summed E-state index contributed by atoms with van der Waals surface area (Å²) in [5.74, 6) is -0.272. The third-order valence-electron chi connectivity index (χ3n) is 3.11. The minimum Gasteiger partial charge on any atom is -0.323 e. The molecule has 0 aliphatic rings. The van der Waals surface area contributed by atoms with Crippen molar-refractivity contribution in [3.8, 4) is 5.69 Å². The van der Waals surface area contributed by atoms with Crippen LogP contribution in [0.4, 0.5) is 5.69 Å². The van der Waals surface area contributed by atoms with Gasteiger partial charge in [-0.15, -0.1) is 0 Å². The highest BCUT2D eigenvalue weighted by Crippen LogP contribution is 2.28. The fraction of sp³-hybridized carbons (Fsp3) is 0.357. The van der Waals surface area contributed by atoms with Crippen molar-refractivity contribution in [1.29, 1.82) is 0 Å². The summed E-state index contributed by atoms with van der Waals surface area (Å²) in [7, 11) is 0. The van der Waals surface area contributed by atoms with Crippen molar-refractivity contribution < 1.29 is 4.79 Å². The van der Waals surface area contributed by atoms with Crippen LogP contribution in [0.2, 0.25) is 5.02 Å². The molecular weight excluding hydrogens is 290 g/mol. The minimum absolute atomic E-state index is 0.272. The van der Waals surface area contributed by atoms with Crippen molar-refractivity contribution in [3.63, 3.8) is 0 Å². The van der Waals surface area contributed by atoms with Gasteiger partial charge in [0, 0.05) is 0 Å². The Bertz CT molecular complexity index is 633. The average Bonchev–Trinajstić information content (AvgIpc) is 2.90. The monoisotopic (exact) mass is 307 g/mol. The molecule has 0 saturated carbocycles. The summed E-state index contributed by atoms with van der Waals surface area (Å²) in [6, 6.07) is 4.58. The molecule has 0 aliphatic heterocycles. The summed E-state index contributed by atoms with van der Waals surface area (Å²) < 4.78 is 1.50. The Balaban J connectivity index is 2.34. The van der Waals surface area contributed by atoms with Gasteiger partial charge in [-0.3, -0.25) is 4.79 Å². The Hall–Kier alpha value is -1.92. The smallest absolute Gasteiger partial charge is 0.241 e. The molecule has 1 aromatic heterocycles. The maximum atomic E-state index is 12.3. The van der Waals surface area contributed by atoms with E-state index in [9.17, 15) is 4.79 Å². The molecule has 2 rings (SSSR count). The first kappa shape index (κ1) is 15.5. The molecular formula is C14H18ClN5O. The molecule has 112 valence electrons. The van der Waals surface area contributed by atoms with Gasteiger partial charge in [0.15, 0.2) is 0 Å². The zero-order valence-electron chi connectivity index (χ0n) is 12.2. The Kier molecular flexibility index (Phi) is 4.29. The van der Waals surface area contributed by atoms with Gasteiger partial charge in [0.2, 0.25) is 5.91 Å². The molecule has 21 heavy (non-hydrogen) atoms. The van der Waals surface area contributed by atoms with Gasteiger partial charge in [-0.2, -0.15) is 5.10 Å². The molecule has 1 heterocycles. The highest BCUT2D eigenvalue weighted by atomic mass is 35.5. The molecule has 1 aromatic carbocycles. The van der Waals surface area contributed by atoms with Crippen molar-refractivity contribution in [1.82, 2.24) is 14.8 Å². The number of hydrogen-bond acceptors (Lipinski definition) is 4. The molecule has 0 spiro atoms. The van der Waals surface area contributed by atoms with Crippen molar-refractivity contribution in [2.24, 2.45) is 11.1 Å². The van der Waals surface area contributed by atoms with E-state index in [0.717, 1.165) is 0 Å². The van der Waals surface area contributed by atoms with Crippen LogP contribution in [0, 0.1) is 5.41 Å². The fourth-order valence-electron chi connectivity index (χ4n) is 1.78. The third kappa shape index (κ3) is 3.40. The zero-order chi connectivity index (χ0) is 15.6. The lowest BCUT2D eigenvalue weighted by Crippen LogP contribution is -2.45. The second-order valence-corrected chi connectivity index (χ2v) is 6.22. The number of hydrogen-bond donors (Lipinski definition) is 2. The molecule has 2 aromatic rings. The van der Waals surface area contributed by atoms with Crippen molar-refractivity contribution >= 4 is 23.2 Å². The Morgan fingerprint density at radius 1 is 1.43 bits per heavy atom. The van der Waals surface area contributed by atoms with Crippen LogP contribution in [0.1, 0.15) is 20.8 Å². The van der Waals surface area contributed by atoms with Gasteiger partial charge in [0.25, 0.3) is 0 Å². The number of para-hydroxylation sites is 1. The molecule has 0 bridgehead atoms. The average molecular weight is 308 g/mol. The molecule has 0 unspecified atom stereocenters. The minimum atomic E-state index is -0.639. The fourth-order valence-corrected chi connectivity index (χ4v) is 2.04. The van der Waals surface area contributed by atoms with Crippen LogP contribution in [0.3, 0.4) is 0 Å². The van der Waals surface area contributed by atoms with E-state index in [1.807, 2.05) is 20.8 Å². The van der Waals surface area contributed by atoms with E-state index in [1.165, 1.54) is 17.3 Å². The van der Waals surface area contributed by atoms with Gasteiger partial charge >= 0.3 is 0 Å². The summed E-state index contributed by atoms with van der Waals surface area (Å²) in [4.78, 5) is 16.2. The number of rotatable bonds is 3. The van der Waals surface area contributed by atoms with Crippen LogP contribution in [-0.4, -0.2) is 26.7 Å². The van der Waals surface area contributed by atoms with Crippen molar-refractivity contribution in [2.75, 3.05) is 5.32 Å². The van der Waals surface area contributed by atoms with Gasteiger partial charge in [-0.05, 0) is 17.5 Å². The number of anilines is 1. The number of nitrogens with one attached hydrogen (secondary N) is 1. The van der Waals surface area contributed by atoms with E-state index < -0.39 is 6.04 Å². The van der Waals surface area contributed by atoms with E-state index in [0.29, 0.717) is 16.4 Å². The van der Waals surface area contributed by atoms with E-state index in [4.69, 9.17) is 17.3 Å². The number of benzene rings is 1. The SMILES string of the molecule is CC(C)(C)[C@H](N)C(=O)Nc1cccc(Cl)c1-n1cncn1. The van der Waals surface area contributed by atoms with Gasteiger partial charge in [0.1, 0.15) is 18.3 Å². The predicted octanol–water partition coefficient (Wildman–Crippen LogP) is 2.23. The Labute approximate surface area is 128 Å². The van der Waals surface area contributed by atoms with Gasteiger partial charge < -0.3 is 11.1 Å². The summed E-state index contributed by atoms with van der Waals surface area (Å²) in [6.07, 6.45) is 2.91. The topological polar surface area (TPSA) is 85.8 Å².